The number of nitrogens with one attached hydrogen (secondary N) is 1. The lowest BCUT2D eigenvalue weighted by atomic mass is 10.2. The van der Waals surface area contributed by atoms with Crippen molar-refractivity contribution in [3.05, 3.63) is 12.3 Å². The molecule has 1 saturated heterocycles. The number of carboxylic acid groups (broad SMARTS) is 1. The molecule has 0 radical (unpaired) electrons. The fourth-order valence-corrected chi connectivity index (χ4v) is 1.78. The third-order valence-electron chi connectivity index (χ3n) is 2.16. The predicted octanol–water partition coefficient (Wildman–Crippen LogP) is -0.964. The summed E-state index contributed by atoms with van der Waals surface area (Å²) in [7, 11) is -4.01. The van der Waals surface area contributed by atoms with Crippen molar-refractivity contribution in [2.45, 2.75) is 6.04 Å². The molecular weight excluding hydrogens is 235 g/mol. The number of aliphatic carboxylic acids is 1. The highest BCUT2D eigenvalue weighted by atomic mass is 31.2. The second-order valence-corrected chi connectivity index (χ2v) is 5.27. The van der Waals surface area contributed by atoms with Crippen molar-refractivity contribution >= 4 is 13.6 Å². The molecule has 16 heavy (non-hydrogen) atoms. The molecule has 1 aliphatic rings. The summed E-state index contributed by atoms with van der Waals surface area (Å²) in [5.41, 5.74) is 0. The van der Waals surface area contributed by atoms with Crippen molar-refractivity contribution in [3.8, 4) is 0 Å². The maximum atomic E-state index is 10.7. The first-order valence-corrected chi connectivity index (χ1v) is 6.60. The molecule has 0 amide bonds. The third kappa shape index (κ3) is 4.76. The predicted molar refractivity (Wildman–Crippen MR) is 57.1 cm³/mol. The lowest BCUT2D eigenvalue weighted by Gasteiger charge is -2.30. The Morgan fingerprint density at radius 3 is 2.81 bits per heavy atom. The summed E-state index contributed by atoms with van der Waals surface area (Å²) < 4.78 is 10.6. The Balaban J connectivity index is 2.43. The molecule has 1 fully saturated rings. The minimum Gasteiger partial charge on any atom is -0.480 e. The molecule has 0 aromatic heterocycles. The van der Waals surface area contributed by atoms with E-state index < -0.39 is 19.6 Å². The van der Waals surface area contributed by atoms with E-state index in [9.17, 15) is 9.36 Å². The summed E-state index contributed by atoms with van der Waals surface area (Å²) in [5, 5.41) is 11.6. The molecule has 4 N–H and O–H groups in total. The minimum absolute atomic E-state index is 0.299. The van der Waals surface area contributed by atoms with Gasteiger partial charge in [0.2, 0.25) is 0 Å². The van der Waals surface area contributed by atoms with Gasteiger partial charge in [-0.15, -0.1) is 0 Å². The van der Waals surface area contributed by atoms with Crippen LogP contribution in [0.4, 0.5) is 0 Å². The Morgan fingerprint density at radius 2 is 2.25 bits per heavy atom. The zero-order chi connectivity index (χ0) is 12.2. The van der Waals surface area contributed by atoms with E-state index in [1.54, 1.807) is 4.90 Å². The monoisotopic (exact) mass is 250 g/mol. The van der Waals surface area contributed by atoms with Gasteiger partial charge in [0.15, 0.2) is 0 Å². The summed E-state index contributed by atoms with van der Waals surface area (Å²) >= 11 is 0. The van der Waals surface area contributed by atoms with E-state index in [1.807, 2.05) is 0 Å². The van der Waals surface area contributed by atoms with Crippen molar-refractivity contribution in [2.24, 2.45) is 0 Å². The second kappa shape index (κ2) is 5.45. The van der Waals surface area contributed by atoms with Crippen molar-refractivity contribution in [1.82, 2.24) is 10.2 Å². The average molecular weight is 250 g/mol. The van der Waals surface area contributed by atoms with Crippen LogP contribution < -0.4 is 5.32 Å². The first kappa shape index (κ1) is 13.2. The molecule has 1 aliphatic heterocycles. The SMILES string of the molecule is O=C(O)C1CN(/C=C/CP(=O)(O)O)CCN1. The number of hydrogen-bond donors (Lipinski definition) is 4. The largest absolute Gasteiger partial charge is 0.480 e. The summed E-state index contributed by atoms with van der Waals surface area (Å²) in [6.45, 7) is 1.46. The molecular formula is C8H15N2O5P. The Kier molecular flexibility index (Phi) is 4.49. The van der Waals surface area contributed by atoms with Crippen LogP contribution in [0.2, 0.25) is 0 Å². The molecule has 92 valence electrons. The van der Waals surface area contributed by atoms with E-state index in [1.165, 1.54) is 12.3 Å². The Labute approximate surface area is 92.9 Å². The van der Waals surface area contributed by atoms with Crippen molar-refractivity contribution in [2.75, 3.05) is 25.8 Å². The van der Waals surface area contributed by atoms with Crippen molar-refractivity contribution in [3.63, 3.8) is 0 Å². The molecule has 8 heteroatoms. The molecule has 1 unspecified atom stereocenters. The summed E-state index contributed by atoms with van der Waals surface area (Å²) in [4.78, 5) is 29.7. The van der Waals surface area contributed by atoms with Crippen LogP contribution in [0.1, 0.15) is 0 Å². The topological polar surface area (TPSA) is 110 Å². The van der Waals surface area contributed by atoms with Crippen LogP contribution in [-0.2, 0) is 9.36 Å². The zero-order valence-electron chi connectivity index (χ0n) is 8.61. The van der Waals surface area contributed by atoms with Crippen LogP contribution in [0.3, 0.4) is 0 Å². The van der Waals surface area contributed by atoms with Gasteiger partial charge in [0.05, 0.1) is 6.16 Å². The Hall–Kier alpha value is -0.880. The molecule has 1 heterocycles. The van der Waals surface area contributed by atoms with Gasteiger partial charge in [-0.05, 0) is 6.20 Å². The fourth-order valence-electron chi connectivity index (χ4n) is 1.41. The summed E-state index contributed by atoms with van der Waals surface area (Å²) in [6.07, 6.45) is 2.58. The number of nitrogens with zero attached hydrogens (tertiary/aromatic N) is 1. The molecule has 0 aromatic rings. The molecule has 1 atom stereocenters. The van der Waals surface area contributed by atoms with Gasteiger partial charge in [0.1, 0.15) is 6.04 Å². The van der Waals surface area contributed by atoms with E-state index in [0.29, 0.717) is 19.6 Å². The molecule has 0 aromatic carbocycles. The quantitative estimate of drug-likeness (QED) is 0.475. The van der Waals surface area contributed by atoms with E-state index in [4.69, 9.17) is 14.9 Å². The van der Waals surface area contributed by atoms with E-state index in [0.717, 1.165) is 0 Å². The van der Waals surface area contributed by atoms with Crippen LogP contribution in [-0.4, -0.2) is 57.6 Å². The van der Waals surface area contributed by atoms with E-state index >= 15 is 0 Å². The van der Waals surface area contributed by atoms with Crippen LogP contribution in [0.15, 0.2) is 12.3 Å². The Morgan fingerprint density at radius 1 is 1.56 bits per heavy atom. The smallest absolute Gasteiger partial charge is 0.329 e. The van der Waals surface area contributed by atoms with Crippen LogP contribution in [0.5, 0.6) is 0 Å². The molecule has 1 rings (SSSR count). The van der Waals surface area contributed by atoms with E-state index in [-0.39, 0.29) is 6.16 Å². The van der Waals surface area contributed by atoms with Gasteiger partial charge in [-0.1, -0.05) is 6.08 Å². The van der Waals surface area contributed by atoms with Crippen molar-refractivity contribution < 1.29 is 24.3 Å². The highest BCUT2D eigenvalue weighted by Gasteiger charge is 2.22. The number of carbonyl (C=O) groups is 1. The van der Waals surface area contributed by atoms with Gasteiger partial charge in [-0.3, -0.25) is 9.36 Å². The molecule has 7 nitrogen and oxygen atoms in total. The standard InChI is InChI=1S/C8H15N2O5P/c11-8(12)7-6-10(4-2-9-7)3-1-5-16(13,14)15/h1,3,7,9H,2,4-6H2,(H,11,12)(H2,13,14,15)/b3-1+. The normalized spacial score (nSPS) is 22.6. The van der Waals surface area contributed by atoms with Gasteiger partial charge >= 0.3 is 13.6 Å². The molecule has 0 aliphatic carbocycles. The van der Waals surface area contributed by atoms with Gasteiger partial charge in [0, 0.05) is 19.6 Å². The lowest BCUT2D eigenvalue weighted by Crippen LogP contribution is -2.52. The maximum Gasteiger partial charge on any atom is 0.329 e. The molecule has 0 saturated carbocycles. The number of hydrogen-bond acceptors (Lipinski definition) is 4. The number of piperazine rings is 1. The van der Waals surface area contributed by atoms with Gasteiger partial charge < -0.3 is 25.1 Å². The van der Waals surface area contributed by atoms with Crippen LogP contribution in [0.25, 0.3) is 0 Å². The van der Waals surface area contributed by atoms with Crippen LogP contribution >= 0.6 is 7.60 Å². The average Bonchev–Trinajstić information content (AvgIpc) is 2.16. The first-order chi connectivity index (χ1) is 7.38. The zero-order valence-corrected chi connectivity index (χ0v) is 9.51. The maximum absolute atomic E-state index is 10.7. The number of rotatable bonds is 4. The van der Waals surface area contributed by atoms with Crippen LogP contribution in [0, 0.1) is 0 Å². The first-order valence-electron chi connectivity index (χ1n) is 4.80. The lowest BCUT2D eigenvalue weighted by molar-refractivity contribution is -0.140. The van der Waals surface area contributed by atoms with Gasteiger partial charge in [-0.2, -0.15) is 0 Å². The molecule has 0 bridgehead atoms. The third-order valence-corrected chi connectivity index (χ3v) is 2.85. The number of carboxylic acids is 1. The summed E-state index contributed by atoms with van der Waals surface area (Å²) in [6, 6.07) is -0.631. The minimum atomic E-state index is -4.01. The highest BCUT2D eigenvalue weighted by molar-refractivity contribution is 7.51. The fraction of sp³-hybridized carbons (Fsp3) is 0.625. The summed E-state index contributed by atoms with van der Waals surface area (Å²) in [5.74, 6) is -0.923. The van der Waals surface area contributed by atoms with Gasteiger partial charge in [0.25, 0.3) is 0 Å². The van der Waals surface area contributed by atoms with Crippen molar-refractivity contribution in [1.29, 1.82) is 0 Å². The number of allylic oxidation sites excluding steroid dienone is 1. The van der Waals surface area contributed by atoms with Gasteiger partial charge in [-0.25, -0.2) is 0 Å². The second-order valence-electron chi connectivity index (χ2n) is 3.57. The van der Waals surface area contributed by atoms with E-state index in [2.05, 4.69) is 5.32 Å². The molecule has 0 spiro atoms. The highest BCUT2D eigenvalue weighted by Crippen LogP contribution is 2.33. The Bertz CT molecular complexity index is 326.